The Balaban J connectivity index is 2.16. The quantitative estimate of drug-likeness (QED) is 0.701. The van der Waals surface area contributed by atoms with Crippen LogP contribution in [0.2, 0.25) is 0 Å². The molecule has 0 unspecified atom stereocenters. The predicted octanol–water partition coefficient (Wildman–Crippen LogP) is 2.41. The number of nitrogens with zero attached hydrogens (tertiary/aromatic N) is 2. The molecule has 0 saturated carbocycles. The minimum absolute atomic E-state index is 0.371. The van der Waals surface area contributed by atoms with Gasteiger partial charge in [0, 0.05) is 23.2 Å². The van der Waals surface area contributed by atoms with Crippen molar-refractivity contribution in [2.45, 2.75) is 0 Å². The molecule has 0 radical (unpaired) electrons. The molecular formula is C9H10BrFN2. The summed E-state index contributed by atoms with van der Waals surface area (Å²) in [5.41, 5.74) is 1.06. The van der Waals surface area contributed by atoms with Crippen molar-refractivity contribution in [3.8, 4) is 0 Å². The highest BCUT2D eigenvalue weighted by Gasteiger charge is 2.19. The molecule has 0 spiro atoms. The predicted molar refractivity (Wildman–Crippen MR) is 54.2 cm³/mol. The molecule has 1 aromatic rings. The molecule has 0 amide bonds. The molecule has 0 atom stereocenters. The van der Waals surface area contributed by atoms with Crippen molar-refractivity contribution in [3.63, 3.8) is 0 Å². The summed E-state index contributed by atoms with van der Waals surface area (Å²) in [6.45, 7) is 1.62. The summed E-state index contributed by atoms with van der Waals surface area (Å²) in [7, 11) is 0. The summed E-state index contributed by atoms with van der Waals surface area (Å²) < 4.78 is 13.8. The standard InChI is InChI=1S/C9H10BrFN2/c10-8-2-1-3-9(6-8)12-4-5-13(11)7-12/h1-3,6H,4-5,7H2. The molecule has 0 aliphatic carbocycles. The lowest BCUT2D eigenvalue weighted by atomic mass is 10.3. The average molecular weight is 245 g/mol. The number of hydrogen-bond acceptors (Lipinski definition) is 2. The van der Waals surface area contributed by atoms with Crippen LogP contribution in [-0.4, -0.2) is 24.9 Å². The van der Waals surface area contributed by atoms with E-state index < -0.39 is 0 Å². The summed E-state index contributed by atoms with van der Waals surface area (Å²) in [6, 6.07) is 7.91. The monoisotopic (exact) mass is 244 g/mol. The van der Waals surface area contributed by atoms with E-state index in [1.807, 2.05) is 29.2 Å². The fraction of sp³-hybridized carbons (Fsp3) is 0.333. The Labute approximate surface area is 85.0 Å². The van der Waals surface area contributed by atoms with Crippen molar-refractivity contribution in [2.24, 2.45) is 0 Å². The smallest absolute Gasteiger partial charge is 0.0997 e. The van der Waals surface area contributed by atoms with Crippen molar-refractivity contribution in [3.05, 3.63) is 28.7 Å². The van der Waals surface area contributed by atoms with Gasteiger partial charge in [-0.25, -0.2) is 0 Å². The van der Waals surface area contributed by atoms with Gasteiger partial charge in [-0.3, -0.25) is 0 Å². The van der Waals surface area contributed by atoms with Crippen LogP contribution in [0.4, 0.5) is 10.2 Å². The maximum atomic E-state index is 12.7. The number of anilines is 1. The Morgan fingerprint density at radius 3 is 2.77 bits per heavy atom. The number of benzene rings is 1. The molecule has 0 N–H and O–H groups in total. The third-order valence-corrected chi connectivity index (χ3v) is 2.60. The number of halogens is 2. The van der Waals surface area contributed by atoms with Gasteiger partial charge < -0.3 is 4.90 Å². The molecule has 13 heavy (non-hydrogen) atoms. The first kappa shape index (κ1) is 8.97. The van der Waals surface area contributed by atoms with Gasteiger partial charge in [-0.2, -0.15) is 0 Å². The van der Waals surface area contributed by atoms with Gasteiger partial charge in [-0.15, -0.1) is 9.60 Å². The first-order valence-electron chi connectivity index (χ1n) is 4.17. The minimum Gasteiger partial charge on any atom is -0.355 e. The van der Waals surface area contributed by atoms with E-state index in [0.717, 1.165) is 21.8 Å². The molecule has 4 heteroatoms. The maximum Gasteiger partial charge on any atom is 0.0997 e. The lowest BCUT2D eigenvalue weighted by Gasteiger charge is -2.16. The third-order valence-electron chi connectivity index (χ3n) is 2.11. The first-order chi connectivity index (χ1) is 6.25. The highest BCUT2D eigenvalue weighted by Crippen LogP contribution is 2.22. The zero-order chi connectivity index (χ0) is 9.26. The van der Waals surface area contributed by atoms with Crippen molar-refractivity contribution >= 4 is 21.6 Å². The van der Waals surface area contributed by atoms with Crippen molar-refractivity contribution in [1.29, 1.82) is 0 Å². The van der Waals surface area contributed by atoms with Gasteiger partial charge in [0.2, 0.25) is 0 Å². The van der Waals surface area contributed by atoms with Crippen LogP contribution in [0.3, 0.4) is 0 Å². The Morgan fingerprint density at radius 2 is 2.15 bits per heavy atom. The Kier molecular flexibility index (Phi) is 2.51. The van der Waals surface area contributed by atoms with E-state index in [1.165, 1.54) is 0 Å². The van der Waals surface area contributed by atoms with Crippen LogP contribution in [0.15, 0.2) is 28.7 Å². The van der Waals surface area contributed by atoms with Gasteiger partial charge in [0.05, 0.1) is 6.67 Å². The zero-order valence-corrected chi connectivity index (χ0v) is 8.67. The normalized spacial score (nSPS) is 18.2. The van der Waals surface area contributed by atoms with Gasteiger partial charge >= 0.3 is 0 Å². The maximum absolute atomic E-state index is 12.7. The largest absolute Gasteiger partial charge is 0.355 e. The minimum atomic E-state index is 0.371. The second-order valence-electron chi connectivity index (χ2n) is 3.07. The number of rotatable bonds is 1. The first-order valence-corrected chi connectivity index (χ1v) is 4.96. The fourth-order valence-corrected chi connectivity index (χ4v) is 1.83. The Bertz CT molecular complexity index is 305. The molecule has 1 aromatic carbocycles. The van der Waals surface area contributed by atoms with E-state index in [0.29, 0.717) is 13.2 Å². The molecule has 1 aliphatic rings. The van der Waals surface area contributed by atoms with Crippen LogP contribution in [0.5, 0.6) is 0 Å². The van der Waals surface area contributed by atoms with Crippen molar-refractivity contribution in [2.75, 3.05) is 24.7 Å². The van der Waals surface area contributed by atoms with E-state index >= 15 is 0 Å². The van der Waals surface area contributed by atoms with Crippen LogP contribution < -0.4 is 4.90 Å². The van der Waals surface area contributed by atoms with Crippen LogP contribution >= 0.6 is 15.9 Å². The summed E-state index contributed by atoms with van der Waals surface area (Å²) in [5.74, 6) is 0. The molecule has 1 aliphatic heterocycles. The van der Waals surface area contributed by atoms with Gasteiger partial charge in [0.25, 0.3) is 0 Å². The highest BCUT2D eigenvalue weighted by atomic mass is 79.9. The van der Waals surface area contributed by atoms with Crippen molar-refractivity contribution in [1.82, 2.24) is 5.12 Å². The summed E-state index contributed by atoms with van der Waals surface area (Å²) in [6.07, 6.45) is 0. The Hall–Kier alpha value is -0.610. The van der Waals surface area contributed by atoms with Gasteiger partial charge in [-0.1, -0.05) is 22.0 Å². The lowest BCUT2D eigenvalue weighted by Crippen LogP contribution is -2.20. The molecule has 1 fully saturated rings. The molecule has 0 aromatic heterocycles. The second kappa shape index (κ2) is 3.64. The molecule has 1 heterocycles. The fourth-order valence-electron chi connectivity index (χ4n) is 1.44. The van der Waals surface area contributed by atoms with Crippen LogP contribution in [0.1, 0.15) is 0 Å². The van der Waals surface area contributed by atoms with Gasteiger partial charge in [0.15, 0.2) is 0 Å². The van der Waals surface area contributed by atoms with E-state index in [2.05, 4.69) is 15.9 Å². The van der Waals surface area contributed by atoms with E-state index in [4.69, 9.17) is 0 Å². The zero-order valence-electron chi connectivity index (χ0n) is 7.08. The summed E-state index contributed by atoms with van der Waals surface area (Å²) in [4.78, 5) is 2.00. The molecule has 70 valence electrons. The molecular weight excluding hydrogens is 235 g/mol. The number of hydrogen-bond donors (Lipinski definition) is 0. The molecule has 1 saturated heterocycles. The molecule has 2 nitrogen and oxygen atoms in total. The van der Waals surface area contributed by atoms with Gasteiger partial charge in [0.1, 0.15) is 0 Å². The average Bonchev–Trinajstić information content (AvgIpc) is 2.52. The van der Waals surface area contributed by atoms with Gasteiger partial charge in [-0.05, 0) is 18.2 Å². The second-order valence-corrected chi connectivity index (χ2v) is 3.99. The van der Waals surface area contributed by atoms with E-state index in [9.17, 15) is 4.48 Å². The summed E-state index contributed by atoms with van der Waals surface area (Å²) >= 11 is 3.39. The highest BCUT2D eigenvalue weighted by molar-refractivity contribution is 9.10. The van der Waals surface area contributed by atoms with E-state index in [-0.39, 0.29) is 0 Å². The van der Waals surface area contributed by atoms with E-state index in [1.54, 1.807) is 0 Å². The molecule has 0 bridgehead atoms. The SMILES string of the molecule is FN1CCN(c2cccc(Br)c2)C1. The summed E-state index contributed by atoms with van der Waals surface area (Å²) in [5, 5.41) is 0.820. The third kappa shape index (κ3) is 2.00. The topological polar surface area (TPSA) is 6.48 Å². The van der Waals surface area contributed by atoms with Crippen LogP contribution in [-0.2, 0) is 0 Å². The Morgan fingerprint density at radius 1 is 1.31 bits per heavy atom. The molecule has 2 rings (SSSR count). The van der Waals surface area contributed by atoms with Crippen molar-refractivity contribution < 1.29 is 4.48 Å². The van der Waals surface area contributed by atoms with Crippen LogP contribution in [0, 0.1) is 0 Å². The van der Waals surface area contributed by atoms with Crippen LogP contribution in [0.25, 0.3) is 0 Å². The lowest BCUT2D eigenvalue weighted by molar-refractivity contribution is 0.0591.